The van der Waals surface area contributed by atoms with E-state index in [9.17, 15) is 13.2 Å². The van der Waals surface area contributed by atoms with Crippen LogP contribution in [-0.4, -0.2) is 35.7 Å². The fourth-order valence-corrected chi connectivity index (χ4v) is 4.10. The van der Waals surface area contributed by atoms with Crippen molar-refractivity contribution in [1.29, 1.82) is 0 Å². The van der Waals surface area contributed by atoms with Crippen molar-refractivity contribution < 1.29 is 27.4 Å². The first-order valence-corrected chi connectivity index (χ1v) is 10.1. The monoisotopic (exact) mass is 457 g/mol. The van der Waals surface area contributed by atoms with E-state index >= 15 is 0 Å². The van der Waals surface area contributed by atoms with Crippen LogP contribution >= 0.6 is 15.9 Å². The van der Waals surface area contributed by atoms with Gasteiger partial charge in [-0.05, 0) is 29.8 Å². The van der Waals surface area contributed by atoms with Crippen molar-refractivity contribution in [3.8, 4) is 11.5 Å². The third-order valence-corrected chi connectivity index (χ3v) is 5.77. The molecule has 2 aromatic rings. The Morgan fingerprint density at radius 1 is 1.07 bits per heavy atom. The van der Waals surface area contributed by atoms with Gasteiger partial charge in [0.05, 0.1) is 38.7 Å². The van der Waals surface area contributed by atoms with Crippen molar-refractivity contribution >= 4 is 31.9 Å². The van der Waals surface area contributed by atoms with Crippen molar-refractivity contribution in [2.24, 2.45) is 0 Å². The summed E-state index contributed by atoms with van der Waals surface area (Å²) in [6.07, 6.45) is -0.153. The van der Waals surface area contributed by atoms with Crippen molar-refractivity contribution in [3.63, 3.8) is 0 Å². The zero-order valence-electron chi connectivity index (χ0n) is 15.1. The summed E-state index contributed by atoms with van der Waals surface area (Å²) in [6, 6.07) is 10.5. The molecule has 1 unspecified atom stereocenters. The standard InChI is InChI=1S/C18H20BrNO6S/c1-24-16-8-7-14(10-17(16)25-2)27(22,23)20-15(11-18(21)26-3)12-5-4-6-13(19)9-12/h4-10,15,20H,11H2,1-3H3. The van der Waals surface area contributed by atoms with Crippen LogP contribution in [0.3, 0.4) is 0 Å². The van der Waals surface area contributed by atoms with Crippen LogP contribution in [0.2, 0.25) is 0 Å². The third kappa shape index (κ3) is 5.44. The van der Waals surface area contributed by atoms with Gasteiger partial charge in [0.15, 0.2) is 11.5 Å². The van der Waals surface area contributed by atoms with Crippen LogP contribution in [0.15, 0.2) is 51.8 Å². The summed E-state index contributed by atoms with van der Waals surface area (Å²) in [6.45, 7) is 0. The van der Waals surface area contributed by atoms with Crippen molar-refractivity contribution in [1.82, 2.24) is 4.72 Å². The highest BCUT2D eigenvalue weighted by atomic mass is 79.9. The molecule has 0 amide bonds. The van der Waals surface area contributed by atoms with E-state index in [2.05, 4.69) is 20.7 Å². The molecule has 1 atom stereocenters. The molecule has 0 radical (unpaired) electrons. The predicted octanol–water partition coefficient (Wildman–Crippen LogP) is 3.05. The fraction of sp³-hybridized carbons (Fsp3) is 0.278. The Balaban J connectivity index is 2.39. The van der Waals surface area contributed by atoms with E-state index < -0.39 is 22.0 Å². The highest BCUT2D eigenvalue weighted by Crippen LogP contribution is 2.30. The molecule has 9 heteroatoms. The van der Waals surface area contributed by atoms with Crippen molar-refractivity contribution in [2.45, 2.75) is 17.4 Å². The number of hydrogen-bond donors (Lipinski definition) is 1. The number of esters is 1. The molecular weight excluding hydrogens is 438 g/mol. The van der Waals surface area contributed by atoms with Gasteiger partial charge in [-0.25, -0.2) is 13.1 Å². The highest BCUT2D eigenvalue weighted by Gasteiger charge is 2.25. The summed E-state index contributed by atoms with van der Waals surface area (Å²) in [5, 5.41) is 0. The molecule has 1 N–H and O–H groups in total. The van der Waals surface area contributed by atoms with Crippen molar-refractivity contribution in [3.05, 3.63) is 52.5 Å². The van der Waals surface area contributed by atoms with Crippen LogP contribution in [0.1, 0.15) is 18.0 Å². The second kappa shape index (κ2) is 9.20. The van der Waals surface area contributed by atoms with Gasteiger partial charge >= 0.3 is 5.97 Å². The van der Waals surface area contributed by atoms with E-state index in [0.29, 0.717) is 11.3 Å². The van der Waals surface area contributed by atoms with Crippen LogP contribution in [-0.2, 0) is 19.6 Å². The topological polar surface area (TPSA) is 90.9 Å². The van der Waals surface area contributed by atoms with Gasteiger partial charge in [0, 0.05) is 10.5 Å². The van der Waals surface area contributed by atoms with Gasteiger partial charge in [-0.2, -0.15) is 0 Å². The molecule has 0 heterocycles. The number of benzene rings is 2. The van der Waals surface area contributed by atoms with Crippen molar-refractivity contribution in [2.75, 3.05) is 21.3 Å². The minimum absolute atomic E-state index is 0.00925. The van der Waals surface area contributed by atoms with E-state index in [0.717, 1.165) is 4.47 Å². The van der Waals surface area contributed by atoms with E-state index in [1.165, 1.54) is 39.5 Å². The Bertz CT molecular complexity index is 916. The van der Waals surface area contributed by atoms with E-state index in [4.69, 9.17) is 14.2 Å². The smallest absolute Gasteiger partial charge is 0.307 e. The summed E-state index contributed by atoms with van der Waals surface area (Å²) >= 11 is 3.35. The first-order chi connectivity index (χ1) is 12.8. The second-order valence-electron chi connectivity index (χ2n) is 5.53. The predicted molar refractivity (Wildman–Crippen MR) is 103 cm³/mol. The van der Waals surface area contributed by atoms with Gasteiger partial charge in [-0.1, -0.05) is 28.1 Å². The number of hydrogen-bond acceptors (Lipinski definition) is 6. The summed E-state index contributed by atoms with van der Waals surface area (Å²) in [5.74, 6) is 0.164. The average molecular weight is 458 g/mol. The Kier molecular flexibility index (Phi) is 7.23. The zero-order valence-corrected chi connectivity index (χ0v) is 17.5. The van der Waals surface area contributed by atoms with Gasteiger partial charge in [0.2, 0.25) is 10.0 Å². The quantitative estimate of drug-likeness (QED) is 0.612. The normalized spacial score (nSPS) is 12.3. The lowest BCUT2D eigenvalue weighted by atomic mass is 10.1. The molecule has 2 rings (SSSR count). The number of carbonyl (C=O) groups is 1. The Hall–Kier alpha value is -2.10. The van der Waals surface area contributed by atoms with Gasteiger partial charge < -0.3 is 14.2 Å². The summed E-state index contributed by atoms with van der Waals surface area (Å²) < 4.78 is 44.0. The number of nitrogens with one attached hydrogen (secondary N) is 1. The number of ether oxygens (including phenoxy) is 3. The Morgan fingerprint density at radius 3 is 2.37 bits per heavy atom. The molecule has 0 saturated heterocycles. The number of rotatable bonds is 8. The first kappa shape index (κ1) is 21.2. The summed E-state index contributed by atoms with van der Waals surface area (Å²) in [5.41, 5.74) is 0.624. The van der Waals surface area contributed by atoms with E-state index in [-0.39, 0.29) is 17.1 Å². The number of carbonyl (C=O) groups excluding carboxylic acids is 1. The highest BCUT2D eigenvalue weighted by molar-refractivity contribution is 9.10. The average Bonchev–Trinajstić information content (AvgIpc) is 2.66. The van der Waals surface area contributed by atoms with Crippen LogP contribution in [0.25, 0.3) is 0 Å². The molecule has 146 valence electrons. The number of methoxy groups -OCH3 is 3. The largest absolute Gasteiger partial charge is 0.493 e. The number of sulfonamides is 1. The Morgan fingerprint density at radius 2 is 1.78 bits per heavy atom. The molecule has 0 aromatic heterocycles. The number of halogens is 1. The molecule has 0 fully saturated rings. The summed E-state index contributed by atoms with van der Waals surface area (Å²) in [7, 11) is 0.195. The molecule has 0 aliphatic heterocycles. The van der Waals surface area contributed by atoms with E-state index in [1.807, 2.05) is 6.07 Å². The lowest BCUT2D eigenvalue weighted by Crippen LogP contribution is -2.30. The lowest BCUT2D eigenvalue weighted by molar-refractivity contribution is -0.141. The lowest BCUT2D eigenvalue weighted by Gasteiger charge is -2.19. The van der Waals surface area contributed by atoms with Gasteiger partial charge in [-0.3, -0.25) is 4.79 Å². The Labute approximate surface area is 166 Å². The van der Waals surface area contributed by atoms with Crippen LogP contribution in [0.4, 0.5) is 0 Å². The zero-order chi connectivity index (χ0) is 20.0. The van der Waals surface area contributed by atoms with E-state index in [1.54, 1.807) is 18.2 Å². The maximum absolute atomic E-state index is 12.9. The minimum Gasteiger partial charge on any atom is -0.493 e. The molecule has 2 aromatic carbocycles. The van der Waals surface area contributed by atoms with Crippen LogP contribution in [0.5, 0.6) is 11.5 Å². The molecule has 0 bridgehead atoms. The fourth-order valence-electron chi connectivity index (χ4n) is 2.44. The SMILES string of the molecule is COC(=O)CC(NS(=O)(=O)c1ccc(OC)c(OC)c1)c1cccc(Br)c1. The minimum atomic E-state index is -3.94. The molecule has 7 nitrogen and oxygen atoms in total. The first-order valence-electron chi connectivity index (χ1n) is 7.87. The van der Waals surface area contributed by atoms with Gasteiger partial charge in [-0.15, -0.1) is 0 Å². The molecule has 0 aliphatic rings. The molecule has 27 heavy (non-hydrogen) atoms. The van der Waals surface area contributed by atoms with Gasteiger partial charge in [0.25, 0.3) is 0 Å². The maximum atomic E-state index is 12.9. The maximum Gasteiger partial charge on any atom is 0.307 e. The van der Waals surface area contributed by atoms with Gasteiger partial charge in [0.1, 0.15) is 0 Å². The molecule has 0 saturated carbocycles. The van der Waals surface area contributed by atoms with Crippen LogP contribution in [0, 0.1) is 0 Å². The third-order valence-electron chi connectivity index (χ3n) is 3.81. The second-order valence-corrected chi connectivity index (χ2v) is 8.16. The molecular formula is C18H20BrNO6S. The summed E-state index contributed by atoms with van der Waals surface area (Å²) in [4.78, 5) is 11.8. The molecule has 0 aliphatic carbocycles. The van der Waals surface area contributed by atoms with Crippen LogP contribution < -0.4 is 14.2 Å². The molecule has 0 spiro atoms.